The van der Waals surface area contributed by atoms with Crippen molar-refractivity contribution in [3.63, 3.8) is 0 Å². The zero-order chi connectivity index (χ0) is 17.3. The molecule has 0 unspecified atom stereocenters. The van der Waals surface area contributed by atoms with Gasteiger partial charge in [0.25, 0.3) is 0 Å². The first-order valence-corrected chi connectivity index (χ1v) is 7.62. The summed E-state index contributed by atoms with van der Waals surface area (Å²) in [6.45, 7) is 0.984. The lowest BCUT2D eigenvalue weighted by Crippen LogP contribution is -2.20. The largest absolute Gasteiger partial charge is 0.482 e. The minimum atomic E-state index is -4.42. The highest BCUT2D eigenvalue weighted by atomic mass is 35.5. The van der Waals surface area contributed by atoms with Gasteiger partial charge in [-0.2, -0.15) is 13.2 Å². The molecule has 1 aromatic carbocycles. The molecule has 0 saturated heterocycles. The number of unbranched alkanes of at least 4 members (excludes halogenated alkanes) is 3. The van der Waals surface area contributed by atoms with Crippen LogP contribution in [0.15, 0.2) is 18.2 Å². The number of nitrogens with one attached hydrogen (secondary N) is 1. The van der Waals surface area contributed by atoms with Gasteiger partial charge in [-0.3, -0.25) is 4.79 Å². The highest BCUT2D eigenvalue weighted by Gasteiger charge is 2.29. The van der Waals surface area contributed by atoms with Gasteiger partial charge in [-0.1, -0.05) is 18.9 Å². The molecule has 0 radical (unpaired) electrons. The maximum atomic E-state index is 12.3. The number of rotatable bonds is 9. The molecule has 1 amide bonds. The van der Waals surface area contributed by atoms with Crippen LogP contribution < -0.4 is 15.8 Å². The van der Waals surface area contributed by atoms with Crippen LogP contribution in [0.5, 0.6) is 5.75 Å². The molecular weight excluding hydrogens is 345 g/mol. The van der Waals surface area contributed by atoms with Crippen molar-refractivity contribution >= 4 is 24.0 Å². The van der Waals surface area contributed by atoms with Crippen LogP contribution in [-0.4, -0.2) is 25.2 Å². The van der Waals surface area contributed by atoms with Crippen molar-refractivity contribution in [2.75, 3.05) is 18.5 Å². The van der Waals surface area contributed by atoms with Crippen LogP contribution in [0.2, 0.25) is 0 Å². The van der Waals surface area contributed by atoms with Crippen molar-refractivity contribution in [3.05, 3.63) is 23.8 Å². The van der Waals surface area contributed by atoms with E-state index in [1.165, 1.54) is 6.07 Å². The molecule has 1 rings (SSSR count). The number of ether oxygens (including phenoxy) is 1. The van der Waals surface area contributed by atoms with Gasteiger partial charge in [-0.15, -0.1) is 12.4 Å². The van der Waals surface area contributed by atoms with Crippen molar-refractivity contribution in [3.8, 4) is 5.75 Å². The van der Waals surface area contributed by atoms with Crippen molar-refractivity contribution in [1.82, 2.24) is 0 Å². The molecule has 8 heteroatoms. The SMILES string of the molecule is Cc1ccc(NC(=O)CCCCCCN)c(OCC(F)(F)F)c1.Cl. The molecule has 0 fully saturated rings. The first-order chi connectivity index (χ1) is 10.8. The van der Waals surface area contributed by atoms with Crippen LogP contribution in [-0.2, 0) is 4.79 Å². The van der Waals surface area contributed by atoms with E-state index in [-0.39, 0.29) is 29.8 Å². The first-order valence-electron chi connectivity index (χ1n) is 7.62. The minimum absolute atomic E-state index is 0. The van der Waals surface area contributed by atoms with Crippen molar-refractivity contribution < 1.29 is 22.7 Å². The summed E-state index contributed by atoms with van der Waals surface area (Å²) in [5.74, 6) is -0.211. The predicted molar refractivity (Wildman–Crippen MR) is 90.7 cm³/mol. The summed E-state index contributed by atoms with van der Waals surface area (Å²) in [5.41, 5.74) is 6.40. The number of halogens is 4. The molecular formula is C16H24ClF3N2O2. The second-order valence-corrected chi connectivity index (χ2v) is 5.40. The third kappa shape index (κ3) is 9.62. The average molecular weight is 369 g/mol. The number of nitrogens with two attached hydrogens (primary N) is 1. The zero-order valence-electron chi connectivity index (χ0n) is 13.6. The smallest absolute Gasteiger partial charge is 0.422 e. The number of benzene rings is 1. The number of hydrogen-bond acceptors (Lipinski definition) is 3. The summed E-state index contributed by atoms with van der Waals surface area (Å²) < 4.78 is 41.6. The summed E-state index contributed by atoms with van der Waals surface area (Å²) in [5, 5.41) is 2.61. The lowest BCUT2D eigenvalue weighted by molar-refractivity contribution is -0.153. The van der Waals surface area contributed by atoms with E-state index >= 15 is 0 Å². The Bertz CT molecular complexity index is 511. The van der Waals surface area contributed by atoms with Gasteiger partial charge in [0, 0.05) is 6.42 Å². The number of hydrogen-bond donors (Lipinski definition) is 2. The zero-order valence-corrected chi connectivity index (χ0v) is 14.4. The van der Waals surface area contributed by atoms with Crippen LogP contribution in [0.25, 0.3) is 0 Å². The van der Waals surface area contributed by atoms with Crippen LogP contribution >= 0.6 is 12.4 Å². The molecule has 0 aliphatic rings. The fourth-order valence-electron chi connectivity index (χ4n) is 2.01. The first kappa shape index (κ1) is 22.5. The van der Waals surface area contributed by atoms with Crippen molar-refractivity contribution in [1.29, 1.82) is 0 Å². The Balaban J connectivity index is 0.00000529. The van der Waals surface area contributed by atoms with Crippen LogP contribution in [0.1, 0.15) is 37.7 Å². The van der Waals surface area contributed by atoms with E-state index in [0.29, 0.717) is 13.0 Å². The predicted octanol–water partition coefficient (Wildman–Crippen LogP) is 4.21. The van der Waals surface area contributed by atoms with E-state index in [4.69, 9.17) is 10.5 Å². The molecule has 0 bridgehead atoms. The van der Waals surface area contributed by atoms with Crippen molar-refractivity contribution in [2.24, 2.45) is 5.73 Å². The maximum Gasteiger partial charge on any atom is 0.422 e. The Morgan fingerprint density at radius 3 is 2.50 bits per heavy atom. The standard InChI is InChI=1S/C16H23F3N2O2.ClH/c1-12-7-8-13(14(10-12)23-11-16(17,18)19)21-15(22)6-4-2-3-5-9-20;/h7-8,10H,2-6,9,11,20H2,1H3,(H,21,22);1H. The third-order valence-corrected chi connectivity index (χ3v) is 3.16. The lowest BCUT2D eigenvalue weighted by Gasteiger charge is -2.14. The highest BCUT2D eigenvalue weighted by molar-refractivity contribution is 5.92. The van der Waals surface area contributed by atoms with Crippen LogP contribution in [0.3, 0.4) is 0 Å². The second-order valence-electron chi connectivity index (χ2n) is 5.40. The van der Waals surface area contributed by atoms with E-state index in [9.17, 15) is 18.0 Å². The molecule has 3 N–H and O–H groups in total. The summed E-state index contributed by atoms with van der Waals surface area (Å²) >= 11 is 0. The maximum absolute atomic E-state index is 12.3. The molecule has 0 heterocycles. The van der Waals surface area contributed by atoms with Crippen LogP contribution in [0.4, 0.5) is 18.9 Å². The highest BCUT2D eigenvalue weighted by Crippen LogP contribution is 2.28. The van der Waals surface area contributed by atoms with Gasteiger partial charge in [-0.05, 0) is 44.0 Å². The normalized spacial score (nSPS) is 10.9. The number of anilines is 1. The number of carbonyl (C=O) groups is 1. The monoisotopic (exact) mass is 368 g/mol. The molecule has 0 spiro atoms. The Kier molecular flexibility index (Phi) is 10.5. The Morgan fingerprint density at radius 2 is 1.88 bits per heavy atom. The Labute approximate surface area is 146 Å². The summed E-state index contributed by atoms with van der Waals surface area (Å²) in [4.78, 5) is 11.9. The number of aryl methyl sites for hydroxylation is 1. The van der Waals surface area contributed by atoms with Gasteiger partial charge in [-0.25, -0.2) is 0 Å². The fourth-order valence-corrected chi connectivity index (χ4v) is 2.01. The Hall–Kier alpha value is -1.47. The minimum Gasteiger partial charge on any atom is -0.482 e. The molecule has 1 aromatic rings. The van der Waals surface area contributed by atoms with Gasteiger partial charge < -0.3 is 15.8 Å². The molecule has 0 atom stereocenters. The summed E-state index contributed by atoms with van der Waals surface area (Å²) in [7, 11) is 0. The topological polar surface area (TPSA) is 64.4 Å². The molecule has 0 saturated carbocycles. The average Bonchev–Trinajstić information content (AvgIpc) is 2.46. The quantitative estimate of drug-likeness (QED) is 0.642. The van der Waals surface area contributed by atoms with Gasteiger partial charge >= 0.3 is 6.18 Å². The fraction of sp³-hybridized carbons (Fsp3) is 0.562. The van der Waals surface area contributed by atoms with Gasteiger partial charge in [0.1, 0.15) is 5.75 Å². The molecule has 0 aliphatic carbocycles. The number of amides is 1. The third-order valence-electron chi connectivity index (χ3n) is 3.16. The molecule has 0 aliphatic heterocycles. The van der Waals surface area contributed by atoms with E-state index < -0.39 is 12.8 Å². The van der Waals surface area contributed by atoms with E-state index in [1.54, 1.807) is 19.1 Å². The second kappa shape index (κ2) is 11.1. The summed E-state index contributed by atoms with van der Waals surface area (Å²) in [6.07, 6.45) is -0.596. The molecule has 4 nitrogen and oxygen atoms in total. The van der Waals surface area contributed by atoms with E-state index in [2.05, 4.69) is 5.32 Å². The van der Waals surface area contributed by atoms with Gasteiger partial charge in [0.2, 0.25) is 5.91 Å². The van der Waals surface area contributed by atoms with Gasteiger partial charge in [0.05, 0.1) is 5.69 Å². The number of alkyl halides is 3. The molecule has 0 aromatic heterocycles. The Morgan fingerprint density at radius 1 is 1.21 bits per heavy atom. The van der Waals surface area contributed by atoms with E-state index in [0.717, 1.165) is 31.2 Å². The van der Waals surface area contributed by atoms with Crippen molar-refractivity contribution in [2.45, 2.75) is 45.2 Å². The van der Waals surface area contributed by atoms with E-state index in [1.807, 2.05) is 0 Å². The van der Waals surface area contributed by atoms with Gasteiger partial charge in [0.15, 0.2) is 6.61 Å². The number of carbonyl (C=O) groups excluding carboxylic acids is 1. The molecule has 24 heavy (non-hydrogen) atoms. The molecule has 138 valence electrons. The van der Waals surface area contributed by atoms with Crippen LogP contribution in [0, 0.1) is 6.92 Å². The summed E-state index contributed by atoms with van der Waals surface area (Å²) in [6, 6.07) is 4.73. The lowest BCUT2D eigenvalue weighted by atomic mass is 10.1.